The number of hydrogen-bond acceptors (Lipinski definition) is 4. The molecule has 7 heteroatoms. The van der Waals surface area contributed by atoms with E-state index in [4.69, 9.17) is 0 Å². The second kappa shape index (κ2) is 7.44. The van der Waals surface area contributed by atoms with E-state index in [1.165, 1.54) is 11.3 Å². The third-order valence-corrected chi connectivity index (χ3v) is 4.25. The van der Waals surface area contributed by atoms with Crippen LogP contribution < -0.4 is 16.0 Å². The zero-order valence-electron chi connectivity index (χ0n) is 14.3. The molecule has 3 N–H and O–H groups in total. The standard InChI is InChI=1S/C17H22N4O2S/c1-11-14(24-10-19-11)9-18-16(23)21-13-7-5-6-12(8-13)20-15(22)17(2,3)4/h5-8,10H,9H2,1-4H3,(H,20,22)(H2,18,21,23). The number of nitrogens with zero attached hydrogens (tertiary/aromatic N) is 1. The van der Waals surface area contributed by atoms with Crippen LogP contribution in [-0.4, -0.2) is 16.9 Å². The first kappa shape index (κ1) is 17.9. The topological polar surface area (TPSA) is 83.1 Å². The maximum atomic E-state index is 12.0. The Labute approximate surface area is 145 Å². The van der Waals surface area contributed by atoms with Gasteiger partial charge in [-0.1, -0.05) is 26.8 Å². The van der Waals surface area contributed by atoms with Gasteiger partial charge in [0.1, 0.15) is 0 Å². The number of nitrogens with one attached hydrogen (secondary N) is 3. The Balaban J connectivity index is 1.92. The molecular formula is C17H22N4O2S. The Hall–Kier alpha value is -2.41. The molecule has 0 radical (unpaired) electrons. The van der Waals surface area contributed by atoms with Gasteiger partial charge in [-0.05, 0) is 25.1 Å². The van der Waals surface area contributed by atoms with Crippen molar-refractivity contribution in [2.24, 2.45) is 5.41 Å². The molecule has 0 spiro atoms. The molecule has 0 bridgehead atoms. The molecule has 128 valence electrons. The second-order valence-corrected chi connectivity index (χ2v) is 7.39. The molecule has 0 aliphatic carbocycles. The molecule has 0 saturated carbocycles. The van der Waals surface area contributed by atoms with E-state index in [2.05, 4.69) is 20.9 Å². The Morgan fingerprint density at radius 1 is 1.17 bits per heavy atom. The monoisotopic (exact) mass is 346 g/mol. The number of benzene rings is 1. The van der Waals surface area contributed by atoms with E-state index in [9.17, 15) is 9.59 Å². The van der Waals surface area contributed by atoms with Crippen molar-refractivity contribution in [1.82, 2.24) is 10.3 Å². The maximum Gasteiger partial charge on any atom is 0.319 e. The Bertz CT molecular complexity index is 734. The molecule has 6 nitrogen and oxygen atoms in total. The summed E-state index contributed by atoms with van der Waals surface area (Å²) in [7, 11) is 0. The molecular weight excluding hydrogens is 324 g/mol. The summed E-state index contributed by atoms with van der Waals surface area (Å²) >= 11 is 1.51. The first-order valence-electron chi connectivity index (χ1n) is 7.61. The number of carbonyl (C=O) groups excluding carboxylic acids is 2. The van der Waals surface area contributed by atoms with E-state index in [1.807, 2.05) is 27.7 Å². The number of carbonyl (C=O) groups is 2. The van der Waals surface area contributed by atoms with Crippen LogP contribution in [0.5, 0.6) is 0 Å². The third kappa shape index (κ3) is 5.06. The summed E-state index contributed by atoms with van der Waals surface area (Å²) in [6, 6.07) is 6.75. The van der Waals surface area contributed by atoms with Gasteiger partial charge in [-0.3, -0.25) is 4.79 Å². The fourth-order valence-corrected chi connectivity index (χ4v) is 2.54. The van der Waals surface area contributed by atoms with E-state index in [0.717, 1.165) is 10.6 Å². The summed E-state index contributed by atoms with van der Waals surface area (Å²) in [5.41, 5.74) is 3.46. The summed E-state index contributed by atoms with van der Waals surface area (Å²) < 4.78 is 0. The summed E-state index contributed by atoms with van der Waals surface area (Å²) in [6.07, 6.45) is 0. The lowest BCUT2D eigenvalue weighted by Gasteiger charge is -2.18. The molecule has 2 rings (SSSR count). The highest BCUT2D eigenvalue weighted by Crippen LogP contribution is 2.20. The largest absolute Gasteiger partial charge is 0.333 e. The summed E-state index contributed by atoms with van der Waals surface area (Å²) in [4.78, 5) is 29.2. The van der Waals surface area contributed by atoms with Crippen molar-refractivity contribution in [3.8, 4) is 0 Å². The molecule has 1 heterocycles. The van der Waals surface area contributed by atoms with Crippen LogP contribution in [0.3, 0.4) is 0 Å². The molecule has 0 atom stereocenters. The maximum absolute atomic E-state index is 12.0. The van der Waals surface area contributed by atoms with Gasteiger partial charge < -0.3 is 16.0 Å². The molecule has 2 aromatic rings. The average molecular weight is 346 g/mol. The zero-order chi connectivity index (χ0) is 17.7. The van der Waals surface area contributed by atoms with Crippen LogP contribution in [0.4, 0.5) is 16.2 Å². The van der Waals surface area contributed by atoms with Crippen LogP contribution in [0.15, 0.2) is 29.8 Å². The number of aromatic nitrogens is 1. The summed E-state index contributed by atoms with van der Waals surface area (Å²) in [6.45, 7) is 7.88. The quantitative estimate of drug-likeness (QED) is 0.788. The highest BCUT2D eigenvalue weighted by Gasteiger charge is 2.21. The molecule has 0 saturated heterocycles. The number of hydrogen-bond donors (Lipinski definition) is 3. The minimum atomic E-state index is -0.479. The lowest BCUT2D eigenvalue weighted by molar-refractivity contribution is -0.123. The molecule has 1 aromatic carbocycles. The summed E-state index contributed by atoms with van der Waals surface area (Å²) in [5.74, 6) is -0.0789. The SMILES string of the molecule is Cc1ncsc1CNC(=O)Nc1cccc(NC(=O)C(C)(C)C)c1. The highest BCUT2D eigenvalue weighted by molar-refractivity contribution is 7.09. The molecule has 0 aliphatic heterocycles. The first-order valence-corrected chi connectivity index (χ1v) is 8.49. The smallest absolute Gasteiger partial charge is 0.319 e. The lowest BCUT2D eigenvalue weighted by atomic mass is 9.95. The van der Waals surface area contributed by atoms with Gasteiger partial charge in [0, 0.05) is 21.7 Å². The normalized spacial score (nSPS) is 11.0. The fraction of sp³-hybridized carbons (Fsp3) is 0.353. The van der Waals surface area contributed by atoms with Crippen molar-refractivity contribution in [1.29, 1.82) is 0 Å². The Morgan fingerprint density at radius 2 is 1.83 bits per heavy atom. The van der Waals surface area contributed by atoms with Crippen LogP contribution >= 0.6 is 11.3 Å². The summed E-state index contributed by atoms with van der Waals surface area (Å²) in [5, 5.41) is 8.39. The van der Waals surface area contributed by atoms with Crippen LogP contribution in [0.2, 0.25) is 0 Å². The van der Waals surface area contributed by atoms with Crippen LogP contribution in [0.25, 0.3) is 0 Å². The predicted molar refractivity (Wildman–Crippen MR) is 97.2 cm³/mol. The first-order chi connectivity index (χ1) is 11.3. The van der Waals surface area contributed by atoms with Gasteiger partial charge >= 0.3 is 6.03 Å². The van der Waals surface area contributed by atoms with E-state index in [-0.39, 0.29) is 11.9 Å². The van der Waals surface area contributed by atoms with Crippen LogP contribution in [0.1, 0.15) is 31.3 Å². The molecule has 1 aromatic heterocycles. The van der Waals surface area contributed by atoms with Crippen molar-refractivity contribution in [2.75, 3.05) is 10.6 Å². The van der Waals surface area contributed by atoms with Gasteiger partial charge in [0.2, 0.25) is 5.91 Å². The third-order valence-electron chi connectivity index (χ3n) is 3.31. The zero-order valence-corrected chi connectivity index (χ0v) is 15.1. The number of thiazole rings is 1. The molecule has 3 amide bonds. The average Bonchev–Trinajstić information content (AvgIpc) is 2.90. The van der Waals surface area contributed by atoms with Crippen molar-refractivity contribution >= 4 is 34.6 Å². The number of rotatable bonds is 4. The highest BCUT2D eigenvalue weighted by atomic mass is 32.1. The van der Waals surface area contributed by atoms with Crippen molar-refractivity contribution in [3.05, 3.63) is 40.3 Å². The number of anilines is 2. The number of amides is 3. The number of aryl methyl sites for hydroxylation is 1. The van der Waals surface area contributed by atoms with Gasteiger partial charge in [0.05, 0.1) is 17.7 Å². The fourth-order valence-electron chi connectivity index (χ4n) is 1.83. The molecule has 0 aliphatic rings. The Kier molecular flexibility index (Phi) is 5.56. The van der Waals surface area contributed by atoms with Crippen LogP contribution in [-0.2, 0) is 11.3 Å². The molecule has 0 fully saturated rings. The van der Waals surface area contributed by atoms with Crippen molar-refractivity contribution < 1.29 is 9.59 Å². The van der Waals surface area contributed by atoms with E-state index < -0.39 is 5.41 Å². The van der Waals surface area contributed by atoms with Gasteiger partial charge in [-0.15, -0.1) is 11.3 Å². The lowest BCUT2D eigenvalue weighted by Crippen LogP contribution is -2.29. The van der Waals surface area contributed by atoms with E-state index >= 15 is 0 Å². The van der Waals surface area contributed by atoms with Crippen molar-refractivity contribution in [3.63, 3.8) is 0 Å². The van der Waals surface area contributed by atoms with E-state index in [0.29, 0.717) is 17.9 Å². The van der Waals surface area contributed by atoms with Crippen LogP contribution in [0, 0.1) is 12.3 Å². The van der Waals surface area contributed by atoms with Gasteiger partial charge in [-0.2, -0.15) is 0 Å². The second-order valence-electron chi connectivity index (χ2n) is 6.45. The minimum Gasteiger partial charge on any atom is -0.333 e. The van der Waals surface area contributed by atoms with Crippen molar-refractivity contribution in [2.45, 2.75) is 34.2 Å². The van der Waals surface area contributed by atoms with Gasteiger partial charge in [-0.25, -0.2) is 9.78 Å². The minimum absolute atomic E-state index is 0.0789. The predicted octanol–water partition coefficient (Wildman–Crippen LogP) is 3.76. The van der Waals surface area contributed by atoms with E-state index in [1.54, 1.807) is 29.8 Å². The molecule has 0 unspecified atom stereocenters. The Morgan fingerprint density at radius 3 is 2.42 bits per heavy atom. The molecule has 24 heavy (non-hydrogen) atoms. The van der Waals surface area contributed by atoms with Gasteiger partial charge in [0.15, 0.2) is 0 Å². The number of urea groups is 1. The van der Waals surface area contributed by atoms with Gasteiger partial charge in [0.25, 0.3) is 0 Å².